The summed E-state index contributed by atoms with van der Waals surface area (Å²) in [5.41, 5.74) is 0. The summed E-state index contributed by atoms with van der Waals surface area (Å²) in [6.07, 6.45) is 0. The molecule has 0 aliphatic rings. The van der Waals surface area contributed by atoms with Crippen LogP contribution in [0.1, 0.15) is 6.92 Å². The minimum atomic E-state index is -0.679. The second kappa shape index (κ2) is 3.08. The van der Waals surface area contributed by atoms with E-state index in [9.17, 15) is 0 Å². The summed E-state index contributed by atoms with van der Waals surface area (Å²) < 4.78 is 6.38. The molecule has 0 aromatic carbocycles. The second-order valence-electron chi connectivity index (χ2n) is 1.80. The molecule has 0 rings (SSSR count). The standard InChI is InChI=1S/C2H5.2CH3.In/c1-2;;;/h1H2,2H3;2*1H3;. The molecule has 0 aliphatic heterocycles. The summed E-state index contributed by atoms with van der Waals surface area (Å²) in [5, 5.41) is 0. The van der Waals surface area contributed by atoms with Gasteiger partial charge in [0.2, 0.25) is 0 Å². The molecule has 0 saturated heterocycles. The van der Waals surface area contributed by atoms with Crippen LogP contribution in [-0.4, -0.2) is 21.4 Å². The first-order chi connectivity index (χ1) is 2.27. The van der Waals surface area contributed by atoms with Gasteiger partial charge in [-0.05, 0) is 0 Å². The Bertz CT molecular complexity index is 17.6. The van der Waals surface area contributed by atoms with Crippen LogP contribution in [0.25, 0.3) is 0 Å². The molecule has 0 radical (unpaired) electrons. The van der Waals surface area contributed by atoms with E-state index in [1.807, 2.05) is 0 Å². The fourth-order valence-corrected chi connectivity index (χ4v) is 0. The molecule has 0 N–H and O–H groups in total. The van der Waals surface area contributed by atoms with Gasteiger partial charge >= 0.3 is 41.9 Å². The average Bonchev–Trinajstić information content (AvgIpc) is 1.38. The van der Waals surface area contributed by atoms with E-state index in [1.54, 1.807) is 0 Å². The fourth-order valence-electron chi connectivity index (χ4n) is 0. The molecule has 0 amide bonds. The Labute approximate surface area is 42.1 Å². The summed E-state index contributed by atoms with van der Waals surface area (Å²) in [6, 6.07) is 0. The van der Waals surface area contributed by atoms with Gasteiger partial charge in [-0.25, -0.2) is 0 Å². The van der Waals surface area contributed by atoms with E-state index in [1.165, 1.54) is 4.18 Å². The zero-order chi connectivity index (χ0) is 4.28. The summed E-state index contributed by atoms with van der Waals surface area (Å²) in [5.74, 6) is 0. The monoisotopic (exact) mass is 174 g/mol. The van der Waals surface area contributed by atoms with Crippen molar-refractivity contribution in [3.63, 3.8) is 0 Å². The van der Waals surface area contributed by atoms with Crippen molar-refractivity contribution in [3.8, 4) is 0 Å². The second-order valence-corrected chi connectivity index (χ2v) is 12.1. The molecule has 30 valence electrons. The molecular formula is C4H11In. The van der Waals surface area contributed by atoms with E-state index in [0.717, 1.165) is 0 Å². The first-order valence-electron chi connectivity index (χ1n) is 2.27. The topological polar surface area (TPSA) is 0 Å². The van der Waals surface area contributed by atoms with Crippen molar-refractivity contribution in [1.29, 1.82) is 0 Å². The summed E-state index contributed by atoms with van der Waals surface area (Å²) in [7, 11) is 0. The molecule has 0 aliphatic carbocycles. The third-order valence-corrected chi connectivity index (χ3v) is 5.48. The van der Waals surface area contributed by atoms with Crippen LogP contribution in [0.4, 0.5) is 0 Å². The van der Waals surface area contributed by atoms with Gasteiger partial charge in [0.05, 0.1) is 0 Å². The van der Waals surface area contributed by atoms with Gasteiger partial charge in [-0.2, -0.15) is 0 Å². The van der Waals surface area contributed by atoms with Crippen LogP contribution < -0.4 is 0 Å². The van der Waals surface area contributed by atoms with Gasteiger partial charge in [0.15, 0.2) is 0 Å². The van der Waals surface area contributed by atoms with Crippen molar-refractivity contribution in [3.05, 3.63) is 0 Å². The van der Waals surface area contributed by atoms with E-state index in [-0.39, 0.29) is 0 Å². The van der Waals surface area contributed by atoms with E-state index in [0.29, 0.717) is 0 Å². The molecule has 0 spiro atoms. The Kier molecular flexibility index (Phi) is 3.61. The quantitative estimate of drug-likeness (QED) is 0.568. The van der Waals surface area contributed by atoms with Crippen LogP contribution in [0.2, 0.25) is 13.5 Å². The van der Waals surface area contributed by atoms with Crippen LogP contribution in [0.3, 0.4) is 0 Å². The first kappa shape index (κ1) is 5.87. The third-order valence-electron chi connectivity index (χ3n) is 0.816. The Balaban J connectivity index is 2.54. The minimum absolute atomic E-state index is 0.679. The molecule has 0 aromatic rings. The summed E-state index contributed by atoms with van der Waals surface area (Å²) in [6.45, 7) is 2.29. The predicted molar refractivity (Wildman–Crippen MR) is 28.0 cm³/mol. The summed E-state index contributed by atoms with van der Waals surface area (Å²) in [4.78, 5) is 0. The molecule has 0 atom stereocenters. The van der Waals surface area contributed by atoms with Crippen LogP contribution in [0, 0.1) is 0 Å². The van der Waals surface area contributed by atoms with E-state index in [4.69, 9.17) is 0 Å². The van der Waals surface area contributed by atoms with Gasteiger partial charge in [-0.3, -0.25) is 0 Å². The van der Waals surface area contributed by atoms with Gasteiger partial charge in [0, 0.05) is 0 Å². The van der Waals surface area contributed by atoms with Gasteiger partial charge in [0.25, 0.3) is 0 Å². The normalized spacial score (nSPS) is 7.80. The zero-order valence-corrected chi connectivity index (χ0v) is 7.58. The number of hydrogen-bond donors (Lipinski definition) is 0. The van der Waals surface area contributed by atoms with Crippen LogP contribution in [-0.2, 0) is 0 Å². The van der Waals surface area contributed by atoms with Crippen LogP contribution >= 0.6 is 0 Å². The molecule has 0 heterocycles. The molecule has 0 aromatic heterocycles. The molecule has 0 unspecified atom stereocenters. The molecular weight excluding hydrogens is 163 g/mol. The molecule has 0 nitrogen and oxygen atoms in total. The third kappa shape index (κ3) is 4.87. The molecule has 0 fully saturated rings. The molecule has 1 heteroatoms. The van der Waals surface area contributed by atoms with Crippen molar-refractivity contribution in [1.82, 2.24) is 0 Å². The van der Waals surface area contributed by atoms with Crippen molar-refractivity contribution in [2.24, 2.45) is 0 Å². The van der Waals surface area contributed by atoms with E-state index >= 15 is 0 Å². The van der Waals surface area contributed by atoms with Gasteiger partial charge in [0.1, 0.15) is 0 Å². The van der Waals surface area contributed by atoms with Gasteiger partial charge in [-0.1, -0.05) is 0 Å². The van der Waals surface area contributed by atoms with Crippen molar-refractivity contribution in [2.75, 3.05) is 0 Å². The Morgan fingerprint density at radius 2 is 1.60 bits per heavy atom. The maximum atomic E-state index is 2.43. The van der Waals surface area contributed by atoms with E-state index in [2.05, 4.69) is 16.3 Å². The van der Waals surface area contributed by atoms with Crippen LogP contribution in [0.15, 0.2) is 0 Å². The van der Waals surface area contributed by atoms with Crippen molar-refractivity contribution >= 4 is 21.4 Å². The van der Waals surface area contributed by atoms with E-state index < -0.39 is 21.4 Å². The molecule has 0 bridgehead atoms. The van der Waals surface area contributed by atoms with Crippen molar-refractivity contribution < 1.29 is 0 Å². The number of hydrogen-bond acceptors (Lipinski definition) is 0. The Morgan fingerprint density at radius 3 is 1.60 bits per heavy atom. The molecule has 5 heavy (non-hydrogen) atoms. The Morgan fingerprint density at radius 1 is 1.40 bits per heavy atom. The maximum absolute atomic E-state index is 2.43. The average molecular weight is 174 g/mol. The molecule has 0 saturated carbocycles. The fraction of sp³-hybridized carbons (Fsp3) is 1.00. The van der Waals surface area contributed by atoms with Gasteiger partial charge in [-0.15, -0.1) is 0 Å². The predicted octanol–water partition coefficient (Wildman–Crippen LogP) is 1.76. The zero-order valence-electron chi connectivity index (χ0n) is 4.28. The first-order valence-corrected chi connectivity index (χ1v) is 11.2. The van der Waals surface area contributed by atoms with Crippen molar-refractivity contribution in [2.45, 2.75) is 20.5 Å². The number of rotatable bonds is 1. The van der Waals surface area contributed by atoms with Crippen LogP contribution in [0.5, 0.6) is 0 Å². The SMILES string of the molecule is C[CH2][In]([CH3])[CH3]. The van der Waals surface area contributed by atoms with Gasteiger partial charge < -0.3 is 0 Å². The Hall–Kier alpha value is 0.870. The summed E-state index contributed by atoms with van der Waals surface area (Å²) >= 11 is -0.679.